The Morgan fingerprint density at radius 2 is 1.96 bits per heavy atom. The molecule has 0 aliphatic carbocycles. The molecular formula is C18H37N3O2. The molecule has 1 fully saturated rings. The standard InChI is InChI=1S/C18H37N3O2/c1-7-20(8-2)14-15(3)19-13-16-11-9-10-12-21(16)17(22)23-18(4,5)6/h15-16,19H,7-14H2,1-6H3. The smallest absolute Gasteiger partial charge is 0.410 e. The molecule has 136 valence electrons. The molecule has 23 heavy (non-hydrogen) atoms. The fourth-order valence-electron chi connectivity index (χ4n) is 3.04. The number of rotatable bonds is 7. The first-order chi connectivity index (χ1) is 10.8. The lowest BCUT2D eigenvalue weighted by Crippen LogP contribution is -2.52. The van der Waals surface area contributed by atoms with Crippen molar-refractivity contribution >= 4 is 6.09 Å². The van der Waals surface area contributed by atoms with Gasteiger partial charge in [-0.3, -0.25) is 0 Å². The zero-order valence-corrected chi connectivity index (χ0v) is 16.0. The number of nitrogens with zero attached hydrogens (tertiary/aromatic N) is 2. The van der Waals surface area contributed by atoms with Gasteiger partial charge in [0.25, 0.3) is 0 Å². The summed E-state index contributed by atoms with van der Waals surface area (Å²) in [5.74, 6) is 0. The van der Waals surface area contributed by atoms with E-state index in [4.69, 9.17) is 4.74 Å². The fraction of sp³-hybridized carbons (Fsp3) is 0.944. The zero-order valence-electron chi connectivity index (χ0n) is 16.0. The number of piperidine rings is 1. The Morgan fingerprint density at radius 1 is 1.30 bits per heavy atom. The van der Waals surface area contributed by atoms with Gasteiger partial charge in [0.05, 0.1) is 0 Å². The summed E-state index contributed by atoms with van der Waals surface area (Å²) in [6.07, 6.45) is 3.16. The number of likely N-dealkylation sites (tertiary alicyclic amines) is 1. The van der Waals surface area contributed by atoms with Gasteiger partial charge >= 0.3 is 6.09 Å². The van der Waals surface area contributed by atoms with E-state index in [1.165, 1.54) is 6.42 Å². The van der Waals surface area contributed by atoms with Gasteiger partial charge in [0.15, 0.2) is 0 Å². The molecular weight excluding hydrogens is 290 g/mol. The normalized spacial score (nSPS) is 20.7. The van der Waals surface area contributed by atoms with Gasteiger partial charge in [0, 0.05) is 31.7 Å². The van der Waals surface area contributed by atoms with E-state index in [2.05, 4.69) is 31.0 Å². The van der Waals surface area contributed by atoms with Crippen LogP contribution in [0, 0.1) is 0 Å². The average molecular weight is 328 g/mol. The summed E-state index contributed by atoms with van der Waals surface area (Å²) in [7, 11) is 0. The molecule has 1 heterocycles. The lowest BCUT2D eigenvalue weighted by Gasteiger charge is -2.37. The average Bonchev–Trinajstić information content (AvgIpc) is 2.49. The Kier molecular flexibility index (Phi) is 8.34. The molecule has 0 aromatic rings. The van der Waals surface area contributed by atoms with Gasteiger partial charge in [-0.25, -0.2) is 4.79 Å². The van der Waals surface area contributed by atoms with Crippen LogP contribution in [0.25, 0.3) is 0 Å². The van der Waals surface area contributed by atoms with Crippen LogP contribution in [0.3, 0.4) is 0 Å². The quantitative estimate of drug-likeness (QED) is 0.780. The van der Waals surface area contributed by atoms with Crippen LogP contribution < -0.4 is 5.32 Å². The maximum absolute atomic E-state index is 12.4. The molecule has 1 amide bonds. The Balaban J connectivity index is 2.50. The Labute approximate surface area is 142 Å². The summed E-state index contributed by atoms with van der Waals surface area (Å²) in [5, 5.41) is 3.61. The van der Waals surface area contributed by atoms with Crippen LogP contribution in [-0.4, -0.2) is 66.3 Å². The van der Waals surface area contributed by atoms with Crippen LogP contribution in [0.15, 0.2) is 0 Å². The summed E-state index contributed by atoms with van der Waals surface area (Å²) in [4.78, 5) is 16.8. The molecule has 0 radical (unpaired) electrons. The first-order valence-corrected chi connectivity index (χ1v) is 9.22. The lowest BCUT2D eigenvalue weighted by molar-refractivity contribution is 0.00960. The molecule has 0 aromatic heterocycles. The summed E-state index contributed by atoms with van der Waals surface area (Å²) >= 11 is 0. The largest absolute Gasteiger partial charge is 0.444 e. The molecule has 1 aliphatic rings. The predicted molar refractivity (Wildman–Crippen MR) is 95.8 cm³/mol. The molecule has 1 saturated heterocycles. The number of carbonyl (C=O) groups is 1. The van der Waals surface area contributed by atoms with Gasteiger partial charge in [0.2, 0.25) is 0 Å². The van der Waals surface area contributed by atoms with E-state index in [-0.39, 0.29) is 12.1 Å². The topological polar surface area (TPSA) is 44.8 Å². The number of amides is 1. The third-order valence-corrected chi connectivity index (χ3v) is 4.38. The SMILES string of the molecule is CCN(CC)CC(C)NCC1CCCCN1C(=O)OC(C)(C)C. The summed E-state index contributed by atoms with van der Waals surface area (Å²) in [6, 6.07) is 0.676. The van der Waals surface area contributed by atoms with Crippen molar-refractivity contribution in [1.82, 2.24) is 15.1 Å². The molecule has 5 heteroatoms. The minimum Gasteiger partial charge on any atom is -0.444 e. The molecule has 1 N–H and O–H groups in total. The van der Waals surface area contributed by atoms with Crippen LogP contribution >= 0.6 is 0 Å². The van der Waals surface area contributed by atoms with Crippen LogP contribution in [0.4, 0.5) is 4.79 Å². The molecule has 0 saturated carbocycles. The molecule has 0 bridgehead atoms. The van der Waals surface area contributed by atoms with Crippen molar-refractivity contribution in [3.05, 3.63) is 0 Å². The van der Waals surface area contributed by atoms with E-state index in [1.54, 1.807) is 0 Å². The van der Waals surface area contributed by atoms with Gasteiger partial charge in [-0.05, 0) is 60.0 Å². The van der Waals surface area contributed by atoms with Gasteiger partial charge in [-0.2, -0.15) is 0 Å². The highest BCUT2D eigenvalue weighted by Crippen LogP contribution is 2.20. The lowest BCUT2D eigenvalue weighted by atomic mass is 10.0. The molecule has 5 nitrogen and oxygen atoms in total. The van der Waals surface area contributed by atoms with E-state index in [0.29, 0.717) is 6.04 Å². The molecule has 0 spiro atoms. The highest BCUT2D eigenvalue weighted by Gasteiger charge is 2.30. The second kappa shape index (κ2) is 9.48. The number of hydrogen-bond acceptors (Lipinski definition) is 4. The second-order valence-corrected chi connectivity index (χ2v) is 7.62. The van der Waals surface area contributed by atoms with Crippen molar-refractivity contribution in [2.75, 3.05) is 32.7 Å². The number of carbonyl (C=O) groups excluding carboxylic acids is 1. The van der Waals surface area contributed by atoms with Gasteiger partial charge in [-0.1, -0.05) is 13.8 Å². The molecule has 0 aromatic carbocycles. The first kappa shape index (κ1) is 20.2. The third kappa shape index (κ3) is 7.53. The zero-order chi connectivity index (χ0) is 17.5. The van der Waals surface area contributed by atoms with Gasteiger partial charge in [-0.15, -0.1) is 0 Å². The van der Waals surface area contributed by atoms with E-state index in [9.17, 15) is 4.79 Å². The minimum atomic E-state index is -0.428. The van der Waals surface area contributed by atoms with Gasteiger partial charge < -0.3 is 19.9 Å². The van der Waals surface area contributed by atoms with E-state index >= 15 is 0 Å². The number of nitrogens with one attached hydrogen (secondary N) is 1. The summed E-state index contributed by atoms with van der Waals surface area (Å²) in [5.41, 5.74) is -0.428. The Bertz CT molecular complexity index is 351. The second-order valence-electron chi connectivity index (χ2n) is 7.62. The van der Waals surface area contributed by atoms with Crippen molar-refractivity contribution in [2.24, 2.45) is 0 Å². The summed E-state index contributed by atoms with van der Waals surface area (Å²) < 4.78 is 5.56. The summed E-state index contributed by atoms with van der Waals surface area (Å²) in [6.45, 7) is 17.3. The van der Waals surface area contributed by atoms with Crippen molar-refractivity contribution in [1.29, 1.82) is 0 Å². The maximum Gasteiger partial charge on any atom is 0.410 e. The van der Waals surface area contributed by atoms with Crippen molar-refractivity contribution in [2.45, 2.75) is 78.5 Å². The monoisotopic (exact) mass is 327 g/mol. The molecule has 2 atom stereocenters. The number of hydrogen-bond donors (Lipinski definition) is 1. The Morgan fingerprint density at radius 3 is 2.52 bits per heavy atom. The highest BCUT2D eigenvalue weighted by atomic mass is 16.6. The van der Waals surface area contributed by atoms with Crippen LogP contribution in [0.2, 0.25) is 0 Å². The predicted octanol–water partition coefficient (Wildman–Crippen LogP) is 3.10. The maximum atomic E-state index is 12.4. The van der Waals surface area contributed by atoms with Crippen LogP contribution in [0.5, 0.6) is 0 Å². The minimum absolute atomic E-state index is 0.166. The van der Waals surface area contributed by atoms with Crippen LogP contribution in [-0.2, 0) is 4.74 Å². The van der Waals surface area contributed by atoms with Gasteiger partial charge in [0.1, 0.15) is 5.60 Å². The van der Waals surface area contributed by atoms with E-state index in [1.807, 2.05) is 25.7 Å². The number of likely N-dealkylation sites (N-methyl/N-ethyl adjacent to an activating group) is 1. The van der Waals surface area contributed by atoms with Crippen molar-refractivity contribution in [3.63, 3.8) is 0 Å². The molecule has 2 unspecified atom stereocenters. The molecule has 1 aliphatic heterocycles. The van der Waals surface area contributed by atoms with E-state index in [0.717, 1.165) is 45.6 Å². The highest BCUT2D eigenvalue weighted by molar-refractivity contribution is 5.68. The van der Waals surface area contributed by atoms with E-state index < -0.39 is 5.60 Å². The van der Waals surface area contributed by atoms with Crippen molar-refractivity contribution in [3.8, 4) is 0 Å². The molecule has 1 rings (SSSR count). The Hall–Kier alpha value is -0.810. The first-order valence-electron chi connectivity index (χ1n) is 9.22. The van der Waals surface area contributed by atoms with Crippen molar-refractivity contribution < 1.29 is 9.53 Å². The van der Waals surface area contributed by atoms with Crippen LogP contribution in [0.1, 0.15) is 60.8 Å². The third-order valence-electron chi connectivity index (χ3n) is 4.38. The number of ether oxygens (including phenoxy) is 1. The fourth-order valence-corrected chi connectivity index (χ4v) is 3.04.